The standard InChI is InChI=1S/C17H22FN3O2/c1-2-19-16(22)10-13-5-3-4-8-21(13)11-17-20-14-9-12(18)6-7-15(14)23-17/h6-7,9,13H,2-5,8,10-11H2,1H3,(H,19,22). The quantitative estimate of drug-likeness (QED) is 0.920. The van der Waals surface area contributed by atoms with Crippen molar-refractivity contribution in [1.29, 1.82) is 0 Å². The highest BCUT2D eigenvalue weighted by molar-refractivity contribution is 5.76. The number of amides is 1. The lowest BCUT2D eigenvalue weighted by atomic mass is 9.99. The van der Waals surface area contributed by atoms with Gasteiger partial charge in [-0.25, -0.2) is 9.37 Å². The molecule has 0 bridgehead atoms. The Bertz CT molecular complexity index is 686. The molecule has 1 fully saturated rings. The van der Waals surface area contributed by atoms with Gasteiger partial charge in [-0.15, -0.1) is 0 Å². The SMILES string of the molecule is CCNC(=O)CC1CCCCN1Cc1nc2cc(F)ccc2o1. The van der Waals surface area contributed by atoms with Gasteiger partial charge >= 0.3 is 0 Å². The summed E-state index contributed by atoms with van der Waals surface area (Å²) in [5.41, 5.74) is 1.14. The van der Waals surface area contributed by atoms with E-state index in [1.54, 1.807) is 6.07 Å². The Labute approximate surface area is 134 Å². The third-order valence-electron chi connectivity index (χ3n) is 4.28. The van der Waals surface area contributed by atoms with E-state index in [0.717, 1.165) is 25.8 Å². The van der Waals surface area contributed by atoms with Gasteiger partial charge in [0, 0.05) is 25.1 Å². The first-order valence-corrected chi connectivity index (χ1v) is 8.21. The van der Waals surface area contributed by atoms with Gasteiger partial charge < -0.3 is 9.73 Å². The van der Waals surface area contributed by atoms with Crippen molar-refractivity contribution in [3.63, 3.8) is 0 Å². The third-order valence-corrected chi connectivity index (χ3v) is 4.28. The molecule has 0 radical (unpaired) electrons. The van der Waals surface area contributed by atoms with Gasteiger partial charge in [0.2, 0.25) is 11.8 Å². The second-order valence-electron chi connectivity index (χ2n) is 6.00. The molecule has 0 aliphatic carbocycles. The zero-order valence-corrected chi connectivity index (χ0v) is 13.3. The lowest BCUT2D eigenvalue weighted by molar-refractivity contribution is -0.122. The maximum atomic E-state index is 13.2. The number of nitrogens with zero attached hydrogens (tertiary/aromatic N) is 2. The fourth-order valence-electron chi connectivity index (χ4n) is 3.17. The van der Waals surface area contributed by atoms with Gasteiger partial charge in [0.15, 0.2) is 5.58 Å². The Morgan fingerprint density at radius 3 is 3.17 bits per heavy atom. The van der Waals surface area contributed by atoms with Gasteiger partial charge in [-0.3, -0.25) is 9.69 Å². The van der Waals surface area contributed by atoms with Crippen LogP contribution in [-0.2, 0) is 11.3 Å². The molecule has 1 aromatic heterocycles. The molecule has 0 saturated carbocycles. The van der Waals surface area contributed by atoms with Crippen LogP contribution in [-0.4, -0.2) is 34.9 Å². The summed E-state index contributed by atoms with van der Waals surface area (Å²) in [7, 11) is 0. The van der Waals surface area contributed by atoms with E-state index in [9.17, 15) is 9.18 Å². The van der Waals surface area contributed by atoms with E-state index >= 15 is 0 Å². The molecule has 1 aliphatic rings. The van der Waals surface area contributed by atoms with E-state index in [2.05, 4.69) is 15.2 Å². The number of piperidine rings is 1. The highest BCUT2D eigenvalue weighted by Crippen LogP contribution is 2.24. The van der Waals surface area contributed by atoms with Crippen LogP contribution in [0.25, 0.3) is 11.1 Å². The number of halogens is 1. The van der Waals surface area contributed by atoms with Crippen LogP contribution in [0, 0.1) is 5.82 Å². The molecule has 23 heavy (non-hydrogen) atoms. The predicted octanol–water partition coefficient (Wildman–Crippen LogP) is 2.85. The minimum absolute atomic E-state index is 0.0871. The summed E-state index contributed by atoms with van der Waals surface area (Å²) in [5, 5.41) is 2.86. The summed E-state index contributed by atoms with van der Waals surface area (Å²) in [5.74, 6) is 0.349. The minimum Gasteiger partial charge on any atom is -0.439 e. The molecule has 1 atom stereocenters. The lowest BCUT2D eigenvalue weighted by Gasteiger charge is -2.34. The summed E-state index contributed by atoms with van der Waals surface area (Å²) >= 11 is 0. The molecular formula is C17H22FN3O2. The molecular weight excluding hydrogens is 297 g/mol. The Hall–Kier alpha value is -1.95. The van der Waals surface area contributed by atoms with Crippen LogP contribution in [0.1, 0.15) is 38.5 Å². The number of hydrogen-bond donors (Lipinski definition) is 1. The normalized spacial score (nSPS) is 19.1. The van der Waals surface area contributed by atoms with Crippen LogP contribution in [0.15, 0.2) is 22.6 Å². The first-order chi connectivity index (χ1) is 11.2. The molecule has 0 spiro atoms. The number of carbonyl (C=O) groups is 1. The fourth-order valence-corrected chi connectivity index (χ4v) is 3.17. The first kappa shape index (κ1) is 15.9. The largest absolute Gasteiger partial charge is 0.439 e. The van der Waals surface area contributed by atoms with E-state index in [1.807, 2.05) is 6.92 Å². The Morgan fingerprint density at radius 1 is 1.48 bits per heavy atom. The topological polar surface area (TPSA) is 58.4 Å². The van der Waals surface area contributed by atoms with Crippen molar-refractivity contribution in [3.05, 3.63) is 29.9 Å². The summed E-state index contributed by atoms with van der Waals surface area (Å²) in [6, 6.07) is 4.56. The molecule has 1 aromatic carbocycles. The number of aromatic nitrogens is 1. The summed E-state index contributed by atoms with van der Waals surface area (Å²) < 4.78 is 19.0. The van der Waals surface area contributed by atoms with Crippen molar-refractivity contribution in [3.8, 4) is 0 Å². The fraction of sp³-hybridized carbons (Fsp3) is 0.529. The lowest BCUT2D eigenvalue weighted by Crippen LogP contribution is -2.42. The van der Waals surface area contributed by atoms with E-state index in [4.69, 9.17) is 4.42 Å². The van der Waals surface area contributed by atoms with E-state index in [0.29, 0.717) is 36.5 Å². The minimum atomic E-state index is -0.315. The third kappa shape index (κ3) is 3.88. The number of hydrogen-bond acceptors (Lipinski definition) is 4. The molecule has 2 heterocycles. The second kappa shape index (κ2) is 7.08. The second-order valence-corrected chi connectivity index (χ2v) is 6.00. The summed E-state index contributed by atoms with van der Waals surface area (Å²) in [6.45, 7) is 4.06. The number of carbonyl (C=O) groups excluding carboxylic acids is 1. The van der Waals surface area contributed by atoms with Crippen LogP contribution < -0.4 is 5.32 Å². The molecule has 124 valence electrons. The van der Waals surface area contributed by atoms with Crippen molar-refractivity contribution in [2.75, 3.05) is 13.1 Å². The van der Waals surface area contributed by atoms with Gasteiger partial charge in [0.25, 0.3) is 0 Å². The van der Waals surface area contributed by atoms with Crippen LogP contribution in [0.3, 0.4) is 0 Å². The van der Waals surface area contributed by atoms with Gasteiger partial charge in [0.1, 0.15) is 11.3 Å². The molecule has 5 nitrogen and oxygen atoms in total. The Balaban J connectivity index is 1.71. The molecule has 1 unspecified atom stereocenters. The molecule has 2 aromatic rings. The number of oxazole rings is 1. The van der Waals surface area contributed by atoms with Crippen molar-refractivity contribution in [2.45, 2.75) is 45.2 Å². The van der Waals surface area contributed by atoms with Gasteiger partial charge in [0.05, 0.1) is 6.54 Å². The molecule has 1 aliphatic heterocycles. The smallest absolute Gasteiger partial charge is 0.221 e. The van der Waals surface area contributed by atoms with Gasteiger partial charge in [-0.1, -0.05) is 6.42 Å². The number of nitrogens with one attached hydrogen (secondary N) is 1. The van der Waals surface area contributed by atoms with E-state index < -0.39 is 0 Å². The molecule has 6 heteroatoms. The molecule has 3 rings (SSSR count). The zero-order valence-electron chi connectivity index (χ0n) is 13.3. The molecule has 1 N–H and O–H groups in total. The van der Waals surface area contributed by atoms with Crippen molar-refractivity contribution in [1.82, 2.24) is 15.2 Å². The van der Waals surface area contributed by atoms with Crippen molar-refractivity contribution >= 4 is 17.0 Å². The summed E-state index contributed by atoms with van der Waals surface area (Å²) in [4.78, 5) is 18.5. The monoisotopic (exact) mass is 319 g/mol. The van der Waals surface area contributed by atoms with E-state index in [1.165, 1.54) is 12.1 Å². The van der Waals surface area contributed by atoms with Crippen molar-refractivity contribution in [2.24, 2.45) is 0 Å². The molecule has 1 amide bonds. The predicted molar refractivity (Wildman–Crippen MR) is 85.3 cm³/mol. The number of fused-ring (bicyclic) bond motifs is 1. The average Bonchev–Trinajstić information content (AvgIpc) is 2.91. The maximum absolute atomic E-state index is 13.2. The Kier molecular flexibility index (Phi) is 4.91. The van der Waals surface area contributed by atoms with Crippen molar-refractivity contribution < 1.29 is 13.6 Å². The number of benzene rings is 1. The summed E-state index contributed by atoms with van der Waals surface area (Å²) in [6.07, 6.45) is 3.76. The highest BCUT2D eigenvalue weighted by atomic mass is 19.1. The highest BCUT2D eigenvalue weighted by Gasteiger charge is 2.26. The average molecular weight is 319 g/mol. The van der Waals surface area contributed by atoms with Gasteiger partial charge in [-0.2, -0.15) is 0 Å². The number of rotatable bonds is 5. The first-order valence-electron chi connectivity index (χ1n) is 8.21. The van der Waals surface area contributed by atoms with Gasteiger partial charge in [-0.05, 0) is 38.4 Å². The Morgan fingerprint density at radius 2 is 2.35 bits per heavy atom. The molecule has 1 saturated heterocycles. The van der Waals surface area contributed by atoms with Crippen LogP contribution in [0.5, 0.6) is 0 Å². The van der Waals surface area contributed by atoms with Crippen LogP contribution in [0.4, 0.5) is 4.39 Å². The van der Waals surface area contributed by atoms with Crippen LogP contribution >= 0.6 is 0 Å². The zero-order chi connectivity index (χ0) is 16.2. The van der Waals surface area contributed by atoms with Crippen LogP contribution in [0.2, 0.25) is 0 Å². The maximum Gasteiger partial charge on any atom is 0.221 e. The van der Waals surface area contributed by atoms with E-state index in [-0.39, 0.29) is 17.8 Å². The number of likely N-dealkylation sites (tertiary alicyclic amines) is 1.